The largest absolute Gasteiger partial charge is 0.497 e. The number of amides is 1. The maximum atomic E-state index is 15.8. The van der Waals surface area contributed by atoms with Gasteiger partial charge in [-0.1, -0.05) is 23.7 Å². The normalized spacial score (nSPS) is 17.6. The molecule has 4 aromatic rings. The molecule has 5 rings (SSSR count). The first-order chi connectivity index (χ1) is 17.3. The Bertz CT molecular complexity index is 1480. The molecular weight excluding hydrogens is 481 g/mol. The van der Waals surface area contributed by atoms with Crippen molar-refractivity contribution in [3.63, 3.8) is 0 Å². The van der Waals surface area contributed by atoms with Gasteiger partial charge in [0, 0.05) is 11.6 Å². The van der Waals surface area contributed by atoms with E-state index in [-0.39, 0.29) is 11.3 Å². The predicted octanol–water partition coefficient (Wildman–Crippen LogP) is 6.50. The predicted molar refractivity (Wildman–Crippen MR) is 138 cm³/mol. The van der Waals surface area contributed by atoms with E-state index >= 15 is 4.39 Å². The Morgan fingerprint density at radius 3 is 2.72 bits per heavy atom. The third-order valence-corrected chi connectivity index (χ3v) is 7.57. The van der Waals surface area contributed by atoms with Crippen LogP contribution in [-0.2, 0) is 5.54 Å². The Balaban J connectivity index is 1.63. The van der Waals surface area contributed by atoms with Gasteiger partial charge in [0.25, 0.3) is 5.91 Å². The fourth-order valence-electron chi connectivity index (χ4n) is 5.07. The van der Waals surface area contributed by atoms with Crippen LogP contribution in [0.25, 0.3) is 22.2 Å². The first-order valence-corrected chi connectivity index (χ1v) is 12.1. The van der Waals surface area contributed by atoms with Gasteiger partial charge in [-0.2, -0.15) is 0 Å². The van der Waals surface area contributed by atoms with Crippen LogP contribution >= 0.6 is 11.6 Å². The maximum Gasteiger partial charge on any atom is 0.258 e. The molecule has 36 heavy (non-hydrogen) atoms. The van der Waals surface area contributed by atoms with Gasteiger partial charge < -0.3 is 19.4 Å². The fraction of sp³-hybridized carbons (Fsp3) is 0.286. The number of benzene rings is 3. The van der Waals surface area contributed by atoms with Crippen molar-refractivity contribution in [2.24, 2.45) is 0 Å². The molecule has 1 aliphatic heterocycles. The van der Waals surface area contributed by atoms with E-state index in [4.69, 9.17) is 26.1 Å². The van der Waals surface area contributed by atoms with Gasteiger partial charge in [-0.05, 0) is 79.8 Å². The van der Waals surface area contributed by atoms with Crippen molar-refractivity contribution in [3.05, 3.63) is 76.3 Å². The molecule has 0 radical (unpaired) electrons. The molecule has 6 nitrogen and oxygen atoms in total. The zero-order valence-electron chi connectivity index (χ0n) is 20.6. The summed E-state index contributed by atoms with van der Waals surface area (Å²) in [4.78, 5) is 24.1. The second kappa shape index (κ2) is 9.13. The Labute approximate surface area is 214 Å². The number of hydrogen-bond donors (Lipinski definition) is 1. The van der Waals surface area contributed by atoms with Gasteiger partial charge in [-0.15, -0.1) is 0 Å². The van der Waals surface area contributed by atoms with Gasteiger partial charge in [0.15, 0.2) is 11.6 Å². The lowest BCUT2D eigenvalue weighted by molar-refractivity contribution is 0.0601. The lowest BCUT2D eigenvalue weighted by Gasteiger charge is -2.34. The summed E-state index contributed by atoms with van der Waals surface area (Å²) in [5, 5.41) is 0.631. The minimum absolute atomic E-state index is 0.0138. The molecule has 0 spiro atoms. The van der Waals surface area contributed by atoms with Gasteiger partial charge in [0.05, 0.1) is 36.4 Å². The molecule has 1 saturated heterocycles. The Morgan fingerprint density at radius 1 is 1.17 bits per heavy atom. The Kier molecular flexibility index (Phi) is 6.12. The summed E-state index contributed by atoms with van der Waals surface area (Å²) in [5.41, 5.74) is 2.84. The molecule has 1 aromatic heterocycles. The molecule has 0 aliphatic carbocycles. The van der Waals surface area contributed by atoms with Gasteiger partial charge in [-0.25, -0.2) is 9.37 Å². The minimum atomic E-state index is -0.754. The number of aromatic nitrogens is 2. The molecule has 186 valence electrons. The van der Waals surface area contributed by atoms with Crippen LogP contribution in [0.3, 0.4) is 0 Å². The molecule has 1 atom stereocenters. The van der Waals surface area contributed by atoms with Crippen molar-refractivity contribution >= 4 is 28.5 Å². The number of aromatic amines is 1. The second-order valence-corrected chi connectivity index (χ2v) is 9.63. The zero-order valence-corrected chi connectivity index (χ0v) is 21.4. The molecule has 3 aromatic carbocycles. The molecule has 1 N–H and O–H groups in total. The van der Waals surface area contributed by atoms with E-state index in [9.17, 15) is 4.79 Å². The van der Waals surface area contributed by atoms with E-state index in [1.165, 1.54) is 13.2 Å². The van der Waals surface area contributed by atoms with Crippen LogP contribution in [-0.4, -0.2) is 41.5 Å². The number of aryl methyl sites for hydroxylation is 1. The van der Waals surface area contributed by atoms with Gasteiger partial charge in [-0.3, -0.25) is 4.79 Å². The number of halogens is 2. The summed E-state index contributed by atoms with van der Waals surface area (Å²) in [7, 11) is 2.96. The molecule has 1 unspecified atom stereocenters. The van der Waals surface area contributed by atoms with Crippen LogP contribution < -0.4 is 9.47 Å². The molecule has 1 aliphatic rings. The number of nitrogens with one attached hydrogen (secondary N) is 1. The van der Waals surface area contributed by atoms with Crippen molar-refractivity contribution in [2.75, 3.05) is 20.8 Å². The average molecular weight is 508 g/mol. The highest BCUT2D eigenvalue weighted by Crippen LogP contribution is 2.42. The van der Waals surface area contributed by atoms with E-state index in [1.54, 1.807) is 30.2 Å². The number of rotatable bonds is 5. The average Bonchev–Trinajstić information content (AvgIpc) is 3.51. The van der Waals surface area contributed by atoms with Crippen LogP contribution in [0.15, 0.2) is 48.5 Å². The molecule has 2 heterocycles. The number of ether oxygens (including phenoxy) is 2. The van der Waals surface area contributed by atoms with E-state index in [2.05, 4.69) is 4.98 Å². The van der Waals surface area contributed by atoms with Crippen molar-refractivity contribution in [2.45, 2.75) is 32.2 Å². The Hall–Kier alpha value is -3.58. The quantitative estimate of drug-likeness (QED) is 0.335. The van der Waals surface area contributed by atoms with Crippen LogP contribution in [0, 0.1) is 12.7 Å². The maximum absolute atomic E-state index is 15.8. The smallest absolute Gasteiger partial charge is 0.258 e. The molecule has 1 fully saturated rings. The second-order valence-electron chi connectivity index (χ2n) is 9.22. The Morgan fingerprint density at radius 2 is 1.97 bits per heavy atom. The van der Waals surface area contributed by atoms with Gasteiger partial charge in [0.2, 0.25) is 0 Å². The van der Waals surface area contributed by atoms with Crippen molar-refractivity contribution in [1.82, 2.24) is 14.9 Å². The SMILES string of the molecule is COc1cccc(-c2ccc(OC)c(F)c2C(=O)N2CCCC2(C)c2nc3c(C)c(Cl)ccc3[nH]2)c1. The number of fused-ring (bicyclic) bond motifs is 1. The van der Waals surface area contributed by atoms with Crippen molar-refractivity contribution in [1.29, 1.82) is 0 Å². The summed E-state index contributed by atoms with van der Waals surface area (Å²) < 4.78 is 26.4. The first-order valence-electron chi connectivity index (χ1n) is 11.8. The number of methoxy groups -OCH3 is 2. The third kappa shape index (κ3) is 3.78. The standard InChI is InChI=1S/C28H27ClFN3O3/c1-16-20(29)10-11-21-25(16)32-27(31-21)28(2)13-6-14-33(28)26(34)23-19(9-12-22(36-4)24(23)30)17-7-5-8-18(15-17)35-3/h5,7-12,15H,6,13-14H2,1-4H3,(H,31,32). The van der Waals surface area contributed by atoms with Gasteiger partial charge in [0.1, 0.15) is 11.6 Å². The number of hydrogen-bond acceptors (Lipinski definition) is 4. The number of imidazole rings is 1. The number of H-pyrrole nitrogens is 1. The highest BCUT2D eigenvalue weighted by molar-refractivity contribution is 6.32. The van der Waals surface area contributed by atoms with Crippen molar-refractivity contribution in [3.8, 4) is 22.6 Å². The van der Waals surface area contributed by atoms with E-state index in [0.717, 1.165) is 23.0 Å². The summed E-state index contributed by atoms with van der Waals surface area (Å²) >= 11 is 6.31. The van der Waals surface area contributed by atoms with E-state index in [1.807, 2.05) is 38.1 Å². The van der Waals surface area contributed by atoms with Crippen LogP contribution in [0.4, 0.5) is 4.39 Å². The summed E-state index contributed by atoms with van der Waals surface area (Å²) in [6.45, 7) is 4.36. The first kappa shape index (κ1) is 24.1. The monoisotopic (exact) mass is 507 g/mol. The third-order valence-electron chi connectivity index (χ3n) is 7.16. The fourth-order valence-corrected chi connectivity index (χ4v) is 5.22. The molecule has 8 heteroatoms. The molecule has 0 saturated carbocycles. The van der Waals surface area contributed by atoms with E-state index < -0.39 is 17.3 Å². The zero-order chi connectivity index (χ0) is 25.6. The number of carbonyl (C=O) groups is 1. The topological polar surface area (TPSA) is 67.5 Å². The number of likely N-dealkylation sites (tertiary alicyclic amines) is 1. The highest BCUT2D eigenvalue weighted by atomic mass is 35.5. The summed E-state index contributed by atoms with van der Waals surface area (Å²) in [6.07, 6.45) is 1.45. The van der Waals surface area contributed by atoms with E-state index in [0.29, 0.717) is 40.7 Å². The van der Waals surface area contributed by atoms with Crippen LogP contribution in [0.2, 0.25) is 5.02 Å². The van der Waals surface area contributed by atoms with Crippen molar-refractivity contribution < 1.29 is 18.7 Å². The molecular formula is C28H27ClFN3O3. The lowest BCUT2D eigenvalue weighted by atomic mass is 9.94. The lowest BCUT2D eigenvalue weighted by Crippen LogP contribution is -2.44. The number of nitrogens with zero attached hydrogens (tertiary/aromatic N) is 2. The highest BCUT2D eigenvalue weighted by Gasteiger charge is 2.45. The summed E-state index contributed by atoms with van der Waals surface area (Å²) in [6, 6.07) is 14.2. The minimum Gasteiger partial charge on any atom is -0.497 e. The molecule has 0 bridgehead atoms. The summed E-state index contributed by atoms with van der Waals surface area (Å²) in [5.74, 6) is 0.174. The van der Waals surface area contributed by atoms with Gasteiger partial charge >= 0.3 is 0 Å². The molecule has 1 amide bonds. The number of carbonyl (C=O) groups excluding carboxylic acids is 1. The van der Waals surface area contributed by atoms with Crippen LogP contribution in [0.5, 0.6) is 11.5 Å². The van der Waals surface area contributed by atoms with Crippen LogP contribution in [0.1, 0.15) is 41.5 Å².